The van der Waals surface area contributed by atoms with E-state index in [1.54, 1.807) is 0 Å². The summed E-state index contributed by atoms with van der Waals surface area (Å²) in [5.41, 5.74) is 0. The second-order valence-corrected chi connectivity index (χ2v) is 3.04. The van der Waals surface area contributed by atoms with Gasteiger partial charge in [0.1, 0.15) is 0 Å². The molecule has 0 aliphatic carbocycles. The Morgan fingerprint density at radius 2 is 1.78 bits per heavy atom. The molecule has 0 aliphatic heterocycles. The topological polar surface area (TPSA) is 20.2 Å². The van der Waals surface area contributed by atoms with Crippen LogP contribution in [-0.4, -0.2) is 11.7 Å². The van der Waals surface area contributed by atoms with Crippen LogP contribution in [0.25, 0.3) is 0 Å². The van der Waals surface area contributed by atoms with Gasteiger partial charge in [0.25, 0.3) is 0 Å². The van der Waals surface area contributed by atoms with Crippen LogP contribution in [0.4, 0.5) is 0 Å². The Kier molecular flexibility index (Phi) is 4.78. The largest absolute Gasteiger partial charge is 0.396 e. The maximum absolute atomic E-state index is 8.68. The van der Waals surface area contributed by atoms with Crippen molar-refractivity contribution < 1.29 is 5.11 Å². The third-order valence-electron chi connectivity index (χ3n) is 1.81. The highest BCUT2D eigenvalue weighted by Gasteiger charge is 2.04. The van der Waals surface area contributed by atoms with Crippen LogP contribution in [0, 0.1) is 11.8 Å². The van der Waals surface area contributed by atoms with E-state index in [1.165, 1.54) is 6.42 Å². The van der Waals surface area contributed by atoms with E-state index in [4.69, 9.17) is 5.11 Å². The van der Waals surface area contributed by atoms with Gasteiger partial charge in [-0.05, 0) is 18.3 Å². The molecule has 0 bridgehead atoms. The van der Waals surface area contributed by atoms with Gasteiger partial charge >= 0.3 is 0 Å². The quantitative estimate of drug-likeness (QED) is 0.617. The highest BCUT2D eigenvalue weighted by molar-refractivity contribution is 4.55. The minimum Gasteiger partial charge on any atom is -0.396 e. The van der Waals surface area contributed by atoms with Crippen molar-refractivity contribution in [2.75, 3.05) is 6.61 Å². The minimum atomic E-state index is 0.338. The molecule has 0 aromatic rings. The van der Waals surface area contributed by atoms with Gasteiger partial charge in [-0.1, -0.05) is 27.2 Å². The molecule has 0 saturated carbocycles. The molecule has 1 heteroatoms. The predicted octanol–water partition coefficient (Wildman–Crippen LogP) is 2.05. The molecule has 0 amide bonds. The number of hydrogen-bond donors (Lipinski definition) is 1. The third-order valence-corrected chi connectivity index (χ3v) is 1.81. The van der Waals surface area contributed by atoms with E-state index in [0.717, 1.165) is 12.3 Å². The lowest BCUT2D eigenvalue weighted by Crippen LogP contribution is -2.05. The molecule has 0 saturated heterocycles. The van der Waals surface area contributed by atoms with Crippen LogP contribution in [0.3, 0.4) is 0 Å². The molecule has 0 aliphatic rings. The van der Waals surface area contributed by atoms with Gasteiger partial charge in [0.05, 0.1) is 0 Å². The summed E-state index contributed by atoms with van der Waals surface area (Å²) >= 11 is 0. The zero-order valence-electron chi connectivity index (χ0n) is 6.72. The monoisotopic (exact) mass is 130 g/mol. The Morgan fingerprint density at radius 1 is 1.22 bits per heavy atom. The van der Waals surface area contributed by atoms with Crippen molar-refractivity contribution >= 4 is 0 Å². The van der Waals surface area contributed by atoms with Crippen LogP contribution in [-0.2, 0) is 0 Å². The molecule has 1 nitrogen and oxygen atoms in total. The molecule has 2 atom stereocenters. The van der Waals surface area contributed by atoms with Crippen molar-refractivity contribution in [1.29, 1.82) is 0 Å². The standard InChI is InChI=1S/C8H18O/c1-4-7(2)5-8(3)6-9/h7-9H,4-6H2,1-3H3/t7?,8-/m1/s1. The van der Waals surface area contributed by atoms with Gasteiger partial charge in [-0.2, -0.15) is 0 Å². The Bertz CT molecular complexity index is 53.6. The van der Waals surface area contributed by atoms with E-state index in [2.05, 4.69) is 20.8 Å². The number of aliphatic hydroxyl groups excluding tert-OH is 1. The number of aliphatic hydroxyl groups is 1. The van der Waals surface area contributed by atoms with Gasteiger partial charge in [0.2, 0.25) is 0 Å². The van der Waals surface area contributed by atoms with Gasteiger partial charge < -0.3 is 5.11 Å². The summed E-state index contributed by atoms with van der Waals surface area (Å²) in [6.07, 6.45) is 2.39. The molecule has 0 spiro atoms. The summed E-state index contributed by atoms with van der Waals surface area (Å²) in [6, 6.07) is 0. The summed E-state index contributed by atoms with van der Waals surface area (Å²) in [6.45, 7) is 6.84. The van der Waals surface area contributed by atoms with Crippen molar-refractivity contribution in [2.24, 2.45) is 11.8 Å². The Hall–Kier alpha value is -0.0400. The SMILES string of the molecule is CCC(C)C[C@@H](C)CO. The van der Waals surface area contributed by atoms with Gasteiger partial charge in [-0.15, -0.1) is 0 Å². The molecule has 0 aromatic carbocycles. The lowest BCUT2D eigenvalue weighted by molar-refractivity contribution is 0.214. The van der Waals surface area contributed by atoms with E-state index < -0.39 is 0 Å². The minimum absolute atomic E-state index is 0.338. The third kappa shape index (κ3) is 4.46. The number of hydrogen-bond acceptors (Lipinski definition) is 1. The Morgan fingerprint density at radius 3 is 2.11 bits per heavy atom. The zero-order valence-corrected chi connectivity index (χ0v) is 6.72. The first-order chi connectivity index (χ1) is 4.20. The van der Waals surface area contributed by atoms with Crippen LogP contribution < -0.4 is 0 Å². The van der Waals surface area contributed by atoms with Crippen molar-refractivity contribution in [3.8, 4) is 0 Å². The second-order valence-electron chi connectivity index (χ2n) is 3.04. The fraction of sp³-hybridized carbons (Fsp3) is 1.00. The van der Waals surface area contributed by atoms with Gasteiger partial charge in [-0.3, -0.25) is 0 Å². The summed E-state index contributed by atoms with van der Waals surface area (Å²) in [5, 5.41) is 8.68. The molecular weight excluding hydrogens is 112 g/mol. The Labute approximate surface area is 58.1 Å². The highest BCUT2D eigenvalue weighted by atomic mass is 16.3. The smallest absolute Gasteiger partial charge is 0.0456 e. The molecule has 0 radical (unpaired) electrons. The van der Waals surface area contributed by atoms with E-state index in [9.17, 15) is 0 Å². The normalized spacial score (nSPS) is 17.3. The van der Waals surface area contributed by atoms with Crippen molar-refractivity contribution in [1.82, 2.24) is 0 Å². The molecule has 1 N–H and O–H groups in total. The molecule has 0 fully saturated rings. The van der Waals surface area contributed by atoms with Crippen LogP contribution >= 0.6 is 0 Å². The van der Waals surface area contributed by atoms with Gasteiger partial charge in [0.15, 0.2) is 0 Å². The van der Waals surface area contributed by atoms with Crippen LogP contribution in [0.1, 0.15) is 33.6 Å². The zero-order chi connectivity index (χ0) is 7.28. The van der Waals surface area contributed by atoms with Crippen molar-refractivity contribution in [3.63, 3.8) is 0 Å². The number of rotatable bonds is 4. The van der Waals surface area contributed by atoms with E-state index in [0.29, 0.717) is 12.5 Å². The molecule has 1 unspecified atom stereocenters. The van der Waals surface area contributed by atoms with Crippen molar-refractivity contribution in [2.45, 2.75) is 33.6 Å². The average Bonchev–Trinajstić information content (AvgIpc) is 1.87. The first-order valence-corrected chi connectivity index (χ1v) is 3.81. The first-order valence-electron chi connectivity index (χ1n) is 3.81. The van der Waals surface area contributed by atoms with Crippen LogP contribution in [0.5, 0.6) is 0 Å². The molecule has 0 aromatic heterocycles. The fourth-order valence-corrected chi connectivity index (χ4v) is 0.928. The van der Waals surface area contributed by atoms with Crippen LogP contribution in [0.15, 0.2) is 0 Å². The summed E-state index contributed by atoms with van der Waals surface area (Å²) in [7, 11) is 0. The fourth-order valence-electron chi connectivity index (χ4n) is 0.928. The molecule has 0 heterocycles. The van der Waals surface area contributed by atoms with Gasteiger partial charge in [-0.25, -0.2) is 0 Å². The highest BCUT2D eigenvalue weighted by Crippen LogP contribution is 2.13. The molecule has 0 rings (SSSR count). The summed E-state index contributed by atoms with van der Waals surface area (Å²) in [5.74, 6) is 1.26. The van der Waals surface area contributed by atoms with Crippen molar-refractivity contribution in [3.05, 3.63) is 0 Å². The maximum Gasteiger partial charge on any atom is 0.0456 e. The Balaban J connectivity index is 3.22. The summed E-state index contributed by atoms with van der Waals surface area (Å²) < 4.78 is 0. The van der Waals surface area contributed by atoms with E-state index >= 15 is 0 Å². The lowest BCUT2D eigenvalue weighted by atomic mass is 9.96. The average molecular weight is 130 g/mol. The first kappa shape index (κ1) is 8.96. The van der Waals surface area contributed by atoms with Crippen LogP contribution in [0.2, 0.25) is 0 Å². The van der Waals surface area contributed by atoms with Gasteiger partial charge in [0, 0.05) is 6.61 Å². The molecule has 56 valence electrons. The predicted molar refractivity (Wildman–Crippen MR) is 40.3 cm³/mol. The molecular formula is C8H18O. The molecule has 9 heavy (non-hydrogen) atoms. The van der Waals surface area contributed by atoms with E-state index in [1.807, 2.05) is 0 Å². The summed E-state index contributed by atoms with van der Waals surface area (Å²) in [4.78, 5) is 0. The lowest BCUT2D eigenvalue weighted by Gasteiger charge is -2.12. The second kappa shape index (κ2) is 4.80. The maximum atomic E-state index is 8.68. The van der Waals surface area contributed by atoms with E-state index in [-0.39, 0.29) is 0 Å².